The Morgan fingerprint density at radius 1 is 0.255 bits per heavy atom. The number of unbranched alkanes of at least 4 members (excludes halogenated alkanes) is 9. The smallest absolute Gasteiger partial charge is 0.462 e. The molecular formula is C91H140O17P2. The highest BCUT2D eigenvalue weighted by molar-refractivity contribution is 7.47. The topological polar surface area (TPSA) is 237 Å². The first-order chi connectivity index (χ1) is 53.7. The van der Waals surface area contributed by atoms with Crippen LogP contribution in [-0.4, -0.2) is 96.7 Å². The highest BCUT2D eigenvalue weighted by atomic mass is 31.2. The number of aliphatic hydroxyl groups excluding tert-OH is 1. The van der Waals surface area contributed by atoms with Crippen LogP contribution < -0.4 is 0 Å². The Bertz CT molecular complexity index is 3000. The Balaban J connectivity index is 5.56. The summed E-state index contributed by atoms with van der Waals surface area (Å²) in [5.41, 5.74) is 0. The molecule has 0 saturated heterocycles. The Hall–Kier alpha value is -6.88. The first-order valence-corrected chi connectivity index (χ1v) is 43.6. The molecule has 0 aromatic rings. The Morgan fingerprint density at radius 2 is 0.473 bits per heavy atom. The van der Waals surface area contributed by atoms with Crippen LogP contribution in [0.5, 0.6) is 0 Å². The lowest BCUT2D eigenvalue weighted by atomic mass is 10.1. The summed E-state index contributed by atoms with van der Waals surface area (Å²) in [4.78, 5) is 73.1. The molecule has 0 amide bonds. The second-order valence-electron chi connectivity index (χ2n) is 25.8. The average molecular weight is 1570 g/mol. The van der Waals surface area contributed by atoms with E-state index < -0.39 is 97.5 Å². The number of esters is 4. The molecule has 0 spiro atoms. The van der Waals surface area contributed by atoms with Crippen molar-refractivity contribution >= 4 is 39.5 Å². The standard InChI is InChI=1S/C91H140O17P2/c1-5-9-13-17-21-25-29-33-37-40-42-45-48-51-55-59-63-67-71-75-88(93)101-81-86(107-90(95)77-73-69-65-61-57-53-47-36-32-28-24-20-16-12-8-4)83-105-109(97,98)103-79-85(92)80-104-110(99,100)106-84-87(108-91(96)78-74-70-66-62-58-54-50-44-39-35-31-27-23-19-15-11-7-3)82-102-89(94)76-72-68-64-60-56-52-49-46-43-41-38-34-30-26-22-18-14-10-6-2/h9-16,21-28,33-39,42-43,45-47,50-51,54-55,57,61-63,66-67,85-87,92H,5-8,17-20,29-32,40-41,44,48-49,52-53,56,58-60,64-65,68-84H2,1-4H3,(H,97,98)(H,99,100)/b13-9-,14-10-,15-11-,16-12-,25-21-,26-22-,27-23-,28-24-,37-33-,38-34-,39-35-,45-42-,46-43-,47-36-,54-50-,55-51-,61-57-,66-62-,67-63-. The largest absolute Gasteiger partial charge is 0.472 e. The van der Waals surface area contributed by atoms with Crippen LogP contribution in [-0.2, 0) is 65.4 Å². The zero-order valence-corrected chi connectivity index (χ0v) is 69.1. The van der Waals surface area contributed by atoms with Gasteiger partial charge in [0.2, 0.25) is 0 Å². The molecule has 0 heterocycles. The molecule has 3 N–H and O–H groups in total. The number of hydrogen-bond donors (Lipinski definition) is 3. The number of aliphatic hydroxyl groups is 1. The van der Waals surface area contributed by atoms with Crippen molar-refractivity contribution in [3.05, 3.63) is 231 Å². The molecule has 5 atom stereocenters. The molecule has 0 aliphatic heterocycles. The first kappa shape index (κ1) is 103. The van der Waals surface area contributed by atoms with Gasteiger partial charge in [-0.2, -0.15) is 0 Å². The Labute approximate surface area is 664 Å². The normalized spacial score (nSPS) is 15.0. The highest BCUT2D eigenvalue weighted by Gasteiger charge is 2.30. The van der Waals surface area contributed by atoms with Gasteiger partial charge in [0, 0.05) is 25.7 Å². The number of carbonyl (C=O) groups is 4. The Morgan fingerprint density at radius 3 is 0.791 bits per heavy atom. The van der Waals surface area contributed by atoms with Crippen molar-refractivity contribution < 1.29 is 80.2 Å². The molecular weight excluding hydrogens is 1430 g/mol. The zero-order chi connectivity index (χ0) is 80.3. The van der Waals surface area contributed by atoms with Gasteiger partial charge in [-0.3, -0.25) is 37.3 Å². The van der Waals surface area contributed by atoms with E-state index in [-0.39, 0.29) is 25.7 Å². The van der Waals surface area contributed by atoms with Gasteiger partial charge in [0.1, 0.15) is 19.3 Å². The number of rotatable bonds is 73. The second kappa shape index (κ2) is 80.2. The molecule has 0 fully saturated rings. The van der Waals surface area contributed by atoms with E-state index in [9.17, 15) is 43.2 Å². The summed E-state index contributed by atoms with van der Waals surface area (Å²) in [6, 6.07) is 0. The van der Waals surface area contributed by atoms with Crippen molar-refractivity contribution in [2.75, 3.05) is 39.6 Å². The lowest BCUT2D eigenvalue weighted by Crippen LogP contribution is -2.30. The monoisotopic (exact) mass is 1570 g/mol. The van der Waals surface area contributed by atoms with Crippen LogP contribution in [0.3, 0.4) is 0 Å². The molecule has 0 saturated carbocycles. The molecule has 110 heavy (non-hydrogen) atoms. The number of carbonyl (C=O) groups excluding carboxylic acids is 4. The minimum absolute atomic E-state index is 0.000111. The molecule has 0 radical (unpaired) electrons. The second-order valence-corrected chi connectivity index (χ2v) is 28.7. The third kappa shape index (κ3) is 79.2. The quantitative estimate of drug-likeness (QED) is 0.0169. The molecule has 0 aromatic heterocycles. The van der Waals surface area contributed by atoms with Crippen LogP contribution >= 0.6 is 15.6 Å². The van der Waals surface area contributed by atoms with E-state index in [1.54, 1.807) is 0 Å². The van der Waals surface area contributed by atoms with Gasteiger partial charge in [-0.05, 0) is 180 Å². The summed E-state index contributed by atoms with van der Waals surface area (Å²) < 4.78 is 68.5. The van der Waals surface area contributed by atoms with Gasteiger partial charge in [0.25, 0.3) is 0 Å². The zero-order valence-electron chi connectivity index (χ0n) is 67.3. The molecule has 17 nitrogen and oxygen atoms in total. The first-order valence-electron chi connectivity index (χ1n) is 40.6. The van der Waals surface area contributed by atoms with E-state index in [4.69, 9.17) is 37.0 Å². The maximum Gasteiger partial charge on any atom is 0.472 e. The van der Waals surface area contributed by atoms with Crippen LogP contribution in [0.25, 0.3) is 0 Å². The van der Waals surface area contributed by atoms with Crippen LogP contribution in [0.4, 0.5) is 0 Å². The SMILES string of the molecule is CC/C=C\C/C=C\C/C=C\C/C=C\C/C=C\C/C=C\CCC(=O)OCC(COP(=O)(O)OCC(O)COP(=O)(O)OCC(COC(=O)CCCCCCCC/C=C\C/C=C\C/C=C\C/C=C\CC)OC(=O)CCC/C=C\C/C=C\C/C=C\C/C=C\C/C=C\CC)OC(=O)CCCC/C=C\C/C=C\C/C=C\C/C=C\CC. The van der Waals surface area contributed by atoms with E-state index in [0.29, 0.717) is 44.9 Å². The molecule has 0 aliphatic rings. The fourth-order valence-corrected chi connectivity index (χ4v) is 11.2. The molecule has 0 bridgehead atoms. The van der Waals surface area contributed by atoms with Crippen molar-refractivity contribution in [2.24, 2.45) is 0 Å². The maximum absolute atomic E-state index is 13.1. The fourth-order valence-electron chi connectivity index (χ4n) is 9.61. The van der Waals surface area contributed by atoms with Crippen LogP contribution in [0, 0.1) is 0 Å². The molecule has 0 rings (SSSR count). The average Bonchev–Trinajstić information content (AvgIpc) is 0.899. The molecule has 5 unspecified atom stereocenters. The summed E-state index contributed by atoms with van der Waals surface area (Å²) in [5.74, 6) is -2.44. The Kier molecular flexibility index (Phi) is 75.2. The van der Waals surface area contributed by atoms with Gasteiger partial charge < -0.3 is 33.8 Å². The van der Waals surface area contributed by atoms with Crippen LogP contribution in [0.2, 0.25) is 0 Å². The lowest BCUT2D eigenvalue weighted by Gasteiger charge is -2.21. The van der Waals surface area contributed by atoms with Crippen molar-refractivity contribution in [1.29, 1.82) is 0 Å². The number of phosphoric acid groups is 2. The highest BCUT2D eigenvalue weighted by Crippen LogP contribution is 2.45. The molecule has 0 aliphatic carbocycles. The van der Waals surface area contributed by atoms with Gasteiger partial charge in [-0.25, -0.2) is 9.13 Å². The van der Waals surface area contributed by atoms with E-state index in [0.717, 1.165) is 161 Å². The minimum atomic E-state index is -5.03. The fraction of sp³-hybridized carbons (Fsp3) is 0.538. The van der Waals surface area contributed by atoms with Crippen molar-refractivity contribution in [3.63, 3.8) is 0 Å². The lowest BCUT2D eigenvalue weighted by molar-refractivity contribution is -0.161. The van der Waals surface area contributed by atoms with E-state index >= 15 is 0 Å². The van der Waals surface area contributed by atoms with Crippen LogP contribution in [0.1, 0.15) is 259 Å². The number of allylic oxidation sites excluding steroid dienone is 38. The third-order valence-corrected chi connectivity index (χ3v) is 17.5. The summed E-state index contributed by atoms with van der Waals surface area (Å²) in [6.45, 7) is 4.16. The van der Waals surface area contributed by atoms with Gasteiger partial charge in [-0.1, -0.05) is 284 Å². The minimum Gasteiger partial charge on any atom is -0.462 e. The number of ether oxygens (including phenoxy) is 4. The van der Waals surface area contributed by atoms with Crippen molar-refractivity contribution in [3.8, 4) is 0 Å². The summed E-state index contributed by atoms with van der Waals surface area (Å²) in [5, 5.41) is 10.7. The predicted molar refractivity (Wildman–Crippen MR) is 454 cm³/mol. The number of hydrogen-bond acceptors (Lipinski definition) is 15. The number of phosphoric ester groups is 2. The van der Waals surface area contributed by atoms with E-state index in [1.165, 1.54) is 0 Å². The van der Waals surface area contributed by atoms with Gasteiger partial charge >= 0.3 is 39.5 Å². The summed E-state index contributed by atoms with van der Waals surface area (Å²) in [7, 11) is -10.0. The van der Waals surface area contributed by atoms with Crippen molar-refractivity contribution in [1.82, 2.24) is 0 Å². The van der Waals surface area contributed by atoms with Gasteiger partial charge in [-0.15, -0.1) is 0 Å². The third-order valence-electron chi connectivity index (χ3n) is 15.6. The molecule has 19 heteroatoms. The molecule has 0 aromatic carbocycles. The maximum atomic E-state index is 13.1. The van der Waals surface area contributed by atoms with Gasteiger partial charge in [0.05, 0.1) is 26.4 Å². The molecule has 616 valence electrons. The van der Waals surface area contributed by atoms with Crippen LogP contribution in [0.15, 0.2) is 231 Å². The summed E-state index contributed by atoms with van der Waals surface area (Å²) >= 11 is 0. The van der Waals surface area contributed by atoms with E-state index in [2.05, 4.69) is 222 Å². The van der Waals surface area contributed by atoms with Crippen molar-refractivity contribution in [2.45, 2.75) is 277 Å². The van der Waals surface area contributed by atoms with E-state index in [1.807, 2.05) is 36.5 Å². The van der Waals surface area contributed by atoms with Gasteiger partial charge in [0.15, 0.2) is 12.2 Å². The summed E-state index contributed by atoms with van der Waals surface area (Å²) in [6.07, 6.45) is 103. The predicted octanol–water partition coefficient (Wildman–Crippen LogP) is 24.2.